The number of benzene rings is 1. The van der Waals surface area contributed by atoms with E-state index in [1.165, 1.54) is 17.4 Å². The highest BCUT2D eigenvalue weighted by Gasteiger charge is 2.20. The van der Waals surface area contributed by atoms with Gasteiger partial charge in [0.1, 0.15) is 11.4 Å². The monoisotopic (exact) mass is 408 g/mol. The number of hydrogen-bond acceptors (Lipinski definition) is 4. The van der Waals surface area contributed by atoms with Crippen LogP contribution >= 0.6 is 0 Å². The van der Waals surface area contributed by atoms with Gasteiger partial charge in [-0.2, -0.15) is 9.61 Å². The van der Waals surface area contributed by atoms with E-state index in [0.29, 0.717) is 41.5 Å². The molecule has 1 fully saturated rings. The van der Waals surface area contributed by atoms with Gasteiger partial charge in [0.15, 0.2) is 0 Å². The maximum absolute atomic E-state index is 13.2. The van der Waals surface area contributed by atoms with Crippen molar-refractivity contribution >= 4 is 11.6 Å². The topological polar surface area (TPSA) is 77.6 Å². The first-order valence-corrected chi connectivity index (χ1v) is 10.5. The summed E-state index contributed by atoms with van der Waals surface area (Å²) in [5.74, 6) is 0.718. The maximum Gasteiger partial charge on any atom is 0.277 e. The Morgan fingerprint density at radius 3 is 2.73 bits per heavy atom. The Balaban J connectivity index is 1.65. The second-order valence-electron chi connectivity index (χ2n) is 7.98. The first-order valence-electron chi connectivity index (χ1n) is 10.5. The summed E-state index contributed by atoms with van der Waals surface area (Å²) in [5, 5.41) is 7.66. The molecule has 0 unspecified atom stereocenters. The van der Waals surface area contributed by atoms with Crippen molar-refractivity contribution in [3.05, 3.63) is 51.9 Å². The van der Waals surface area contributed by atoms with Gasteiger partial charge in [0.2, 0.25) is 5.91 Å². The molecule has 1 N–H and O–H groups in total. The Morgan fingerprint density at radius 2 is 2.00 bits per heavy atom. The van der Waals surface area contributed by atoms with Crippen LogP contribution in [0.5, 0.6) is 5.75 Å². The molecule has 3 aromatic rings. The molecular formula is C23H28N4O3. The van der Waals surface area contributed by atoms with E-state index >= 15 is 0 Å². The third-order valence-electron chi connectivity index (χ3n) is 6.13. The van der Waals surface area contributed by atoms with Crippen molar-refractivity contribution in [2.75, 3.05) is 7.11 Å². The van der Waals surface area contributed by atoms with Crippen molar-refractivity contribution in [2.45, 2.75) is 51.5 Å². The third-order valence-corrected chi connectivity index (χ3v) is 6.13. The molecule has 158 valence electrons. The molecule has 0 bridgehead atoms. The second-order valence-corrected chi connectivity index (χ2v) is 7.98. The molecule has 1 aromatic carbocycles. The summed E-state index contributed by atoms with van der Waals surface area (Å²) in [6, 6.07) is 9.79. The number of amides is 1. The molecule has 0 aliphatic heterocycles. The first kappa shape index (κ1) is 20.2. The van der Waals surface area contributed by atoms with Crippen LogP contribution in [0.3, 0.4) is 0 Å². The standard InChI is InChI=1S/C23H28N4O3/c1-15-17(12-13-21(28)24-16-8-4-5-9-16)23(29)27-22(26(15)2)14-19(25-27)18-10-6-7-11-20(18)30-3/h6-7,10-11,14,16H,4-5,8-9,12-13H2,1-3H3,(H,24,28). The molecule has 1 aliphatic rings. The molecule has 0 atom stereocenters. The number of carbonyl (C=O) groups excluding carboxylic acids is 1. The smallest absolute Gasteiger partial charge is 0.277 e. The molecule has 1 saturated carbocycles. The predicted molar refractivity (Wildman–Crippen MR) is 116 cm³/mol. The van der Waals surface area contributed by atoms with Crippen LogP contribution in [0.25, 0.3) is 16.9 Å². The number of para-hydroxylation sites is 1. The number of nitrogens with zero attached hydrogens (tertiary/aromatic N) is 3. The highest BCUT2D eigenvalue weighted by Crippen LogP contribution is 2.29. The van der Waals surface area contributed by atoms with Gasteiger partial charge in [0.25, 0.3) is 5.56 Å². The van der Waals surface area contributed by atoms with Crippen molar-refractivity contribution in [3.63, 3.8) is 0 Å². The number of aromatic nitrogens is 3. The Labute approximate surface area is 175 Å². The zero-order chi connectivity index (χ0) is 21.3. The van der Waals surface area contributed by atoms with E-state index in [9.17, 15) is 9.59 Å². The van der Waals surface area contributed by atoms with E-state index in [1.807, 2.05) is 48.9 Å². The number of nitrogens with one attached hydrogen (secondary N) is 1. The maximum atomic E-state index is 13.2. The number of hydrogen-bond donors (Lipinski definition) is 1. The molecule has 30 heavy (non-hydrogen) atoms. The molecule has 7 nitrogen and oxygen atoms in total. The average Bonchev–Trinajstić information content (AvgIpc) is 3.42. The number of fused-ring (bicyclic) bond motifs is 1. The number of ether oxygens (including phenoxy) is 1. The highest BCUT2D eigenvalue weighted by molar-refractivity contribution is 5.76. The van der Waals surface area contributed by atoms with Crippen LogP contribution in [0.2, 0.25) is 0 Å². The van der Waals surface area contributed by atoms with Gasteiger partial charge in [-0.3, -0.25) is 9.59 Å². The highest BCUT2D eigenvalue weighted by atomic mass is 16.5. The third kappa shape index (κ3) is 3.72. The molecule has 2 aromatic heterocycles. The fraction of sp³-hybridized carbons (Fsp3) is 0.435. The largest absolute Gasteiger partial charge is 0.496 e. The van der Waals surface area contributed by atoms with Crippen LogP contribution in [0, 0.1) is 6.92 Å². The summed E-state index contributed by atoms with van der Waals surface area (Å²) >= 11 is 0. The lowest BCUT2D eigenvalue weighted by molar-refractivity contribution is -0.121. The Bertz CT molecular complexity index is 1140. The summed E-state index contributed by atoms with van der Waals surface area (Å²) in [7, 11) is 3.53. The normalized spacial score (nSPS) is 14.4. The zero-order valence-electron chi connectivity index (χ0n) is 17.8. The quantitative estimate of drug-likeness (QED) is 0.680. The van der Waals surface area contributed by atoms with Gasteiger partial charge in [-0.05, 0) is 38.3 Å². The lowest BCUT2D eigenvalue weighted by Gasteiger charge is -2.14. The molecule has 7 heteroatoms. The molecule has 0 radical (unpaired) electrons. The summed E-state index contributed by atoms with van der Waals surface area (Å²) in [6.45, 7) is 1.92. The second kappa shape index (κ2) is 8.34. The van der Waals surface area contributed by atoms with E-state index in [1.54, 1.807) is 7.11 Å². The van der Waals surface area contributed by atoms with Crippen LogP contribution in [0.15, 0.2) is 35.1 Å². The van der Waals surface area contributed by atoms with Gasteiger partial charge >= 0.3 is 0 Å². The van der Waals surface area contributed by atoms with Crippen LogP contribution in [0.1, 0.15) is 43.4 Å². The first-order chi connectivity index (χ1) is 14.5. The zero-order valence-corrected chi connectivity index (χ0v) is 17.8. The molecule has 2 heterocycles. The van der Waals surface area contributed by atoms with Crippen LogP contribution in [-0.2, 0) is 18.3 Å². The summed E-state index contributed by atoms with van der Waals surface area (Å²) in [6.07, 6.45) is 5.16. The van der Waals surface area contributed by atoms with Crippen molar-refractivity contribution in [1.82, 2.24) is 19.5 Å². The van der Waals surface area contributed by atoms with Crippen molar-refractivity contribution in [3.8, 4) is 17.0 Å². The molecule has 1 aliphatic carbocycles. The number of aryl methyl sites for hydroxylation is 1. The van der Waals surface area contributed by atoms with Crippen LogP contribution in [0.4, 0.5) is 0 Å². The summed E-state index contributed by atoms with van der Waals surface area (Å²) < 4.78 is 8.83. The number of carbonyl (C=O) groups is 1. The summed E-state index contributed by atoms with van der Waals surface area (Å²) in [4.78, 5) is 25.5. The van der Waals surface area contributed by atoms with E-state index in [0.717, 1.165) is 24.1 Å². The van der Waals surface area contributed by atoms with Gasteiger partial charge in [-0.25, -0.2) is 0 Å². The minimum absolute atomic E-state index is 0.0126. The van der Waals surface area contributed by atoms with Gasteiger partial charge < -0.3 is 14.6 Å². The van der Waals surface area contributed by atoms with Gasteiger partial charge in [0, 0.05) is 42.4 Å². The van der Waals surface area contributed by atoms with Gasteiger partial charge in [0.05, 0.1) is 12.8 Å². The average molecular weight is 409 g/mol. The lowest BCUT2D eigenvalue weighted by atomic mass is 10.1. The van der Waals surface area contributed by atoms with E-state index in [2.05, 4.69) is 10.4 Å². The van der Waals surface area contributed by atoms with Crippen LogP contribution < -0.4 is 15.6 Å². The molecule has 0 spiro atoms. The summed E-state index contributed by atoms with van der Waals surface area (Å²) in [5.41, 5.74) is 3.52. The lowest BCUT2D eigenvalue weighted by Crippen LogP contribution is -2.33. The Hall–Kier alpha value is -3.09. The molecule has 4 rings (SSSR count). The minimum atomic E-state index is -0.171. The van der Waals surface area contributed by atoms with Gasteiger partial charge in [-0.1, -0.05) is 25.0 Å². The molecular weight excluding hydrogens is 380 g/mol. The van der Waals surface area contributed by atoms with Gasteiger partial charge in [-0.15, -0.1) is 0 Å². The number of rotatable bonds is 6. The van der Waals surface area contributed by atoms with E-state index in [-0.39, 0.29) is 11.5 Å². The van der Waals surface area contributed by atoms with Crippen molar-refractivity contribution in [1.29, 1.82) is 0 Å². The SMILES string of the molecule is COc1ccccc1-c1cc2n(C)c(C)c(CCC(=O)NC3CCCC3)c(=O)n2n1. The van der Waals surface area contributed by atoms with E-state index in [4.69, 9.17) is 4.74 Å². The fourth-order valence-electron chi connectivity index (χ4n) is 4.30. The van der Waals surface area contributed by atoms with Crippen LogP contribution in [-0.4, -0.2) is 33.2 Å². The number of methoxy groups -OCH3 is 1. The molecule has 1 amide bonds. The van der Waals surface area contributed by atoms with Crippen molar-refractivity contribution in [2.24, 2.45) is 7.05 Å². The Kier molecular flexibility index (Phi) is 5.61. The Morgan fingerprint density at radius 1 is 1.27 bits per heavy atom. The molecule has 0 saturated heterocycles. The fourth-order valence-corrected chi connectivity index (χ4v) is 4.30. The minimum Gasteiger partial charge on any atom is -0.496 e. The van der Waals surface area contributed by atoms with E-state index < -0.39 is 0 Å². The van der Waals surface area contributed by atoms with Crippen molar-refractivity contribution < 1.29 is 9.53 Å². The predicted octanol–water partition coefficient (Wildman–Crippen LogP) is 3.01.